The minimum absolute atomic E-state index is 1.04. The number of benzene rings is 2. The molecule has 0 aliphatic rings. The molecule has 0 radical (unpaired) electrons. The first-order chi connectivity index (χ1) is 11.9. The average Bonchev–Trinajstić information content (AvgIpc) is 3.05. The number of aryl methyl sites for hydroxylation is 3. The zero-order valence-electron chi connectivity index (χ0n) is 14.5. The van der Waals surface area contributed by atoms with Crippen LogP contribution < -0.4 is 0 Å². The molecular formula is C22H26N2. The number of aromatic nitrogens is 2. The van der Waals surface area contributed by atoms with Crippen LogP contribution in [0.3, 0.4) is 0 Å². The Labute approximate surface area is 145 Å². The Hall–Kier alpha value is -2.35. The second kappa shape index (κ2) is 8.49. The van der Waals surface area contributed by atoms with Crippen LogP contribution in [0, 0.1) is 0 Å². The quantitative estimate of drug-likeness (QED) is 0.534. The number of hydrogen-bond acceptors (Lipinski definition) is 1. The second-order valence-electron chi connectivity index (χ2n) is 6.31. The molecule has 124 valence electrons. The monoisotopic (exact) mass is 318 g/mol. The van der Waals surface area contributed by atoms with Crippen molar-refractivity contribution in [1.82, 2.24) is 9.55 Å². The molecule has 0 spiro atoms. The van der Waals surface area contributed by atoms with Gasteiger partial charge in [-0.25, -0.2) is 4.98 Å². The summed E-state index contributed by atoms with van der Waals surface area (Å²) in [5, 5.41) is 0. The summed E-state index contributed by atoms with van der Waals surface area (Å²) in [5.41, 5.74) is 3.83. The third-order valence-electron chi connectivity index (χ3n) is 4.35. The lowest BCUT2D eigenvalue weighted by Crippen LogP contribution is -1.98. The summed E-state index contributed by atoms with van der Waals surface area (Å²) in [5.74, 6) is 1.11. The molecule has 0 N–H and O–H groups in total. The summed E-state index contributed by atoms with van der Waals surface area (Å²) in [4.78, 5) is 4.93. The standard InChI is InChI=1S/C22H26N2/c1-2-3-17-24-18-21(16-10-13-19-11-6-4-7-12-19)23-22(24)20-14-8-5-9-15-20/h4-9,11-12,14-15,18H,2-3,10,13,16-17H2,1H3. The summed E-state index contributed by atoms with van der Waals surface area (Å²) in [6.45, 7) is 3.28. The van der Waals surface area contributed by atoms with Crippen LogP contribution >= 0.6 is 0 Å². The van der Waals surface area contributed by atoms with Crippen molar-refractivity contribution in [2.45, 2.75) is 45.6 Å². The lowest BCUT2D eigenvalue weighted by Gasteiger charge is -2.06. The molecule has 0 amide bonds. The molecule has 1 aromatic heterocycles. The zero-order chi connectivity index (χ0) is 16.6. The van der Waals surface area contributed by atoms with E-state index in [-0.39, 0.29) is 0 Å². The Morgan fingerprint density at radius 2 is 1.54 bits per heavy atom. The molecule has 0 fully saturated rings. The highest BCUT2D eigenvalue weighted by Crippen LogP contribution is 2.20. The smallest absolute Gasteiger partial charge is 0.140 e. The molecule has 0 aliphatic heterocycles. The van der Waals surface area contributed by atoms with E-state index in [1.807, 2.05) is 0 Å². The van der Waals surface area contributed by atoms with E-state index in [1.165, 1.54) is 29.7 Å². The summed E-state index contributed by atoms with van der Waals surface area (Å²) in [6.07, 6.45) is 7.94. The Balaban J connectivity index is 1.70. The first-order valence-corrected chi connectivity index (χ1v) is 9.02. The maximum atomic E-state index is 4.93. The maximum Gasteiger partial charge on any atom is 0.140 e. The molecule has 0 atom stereocenters. The highest BCUT2D eigenvalue weighted by Gasteiger charge is 2.09. The largest absolute Gasteiger partial charge is 0.331 e. The highest BCUT2D eigenvalue weighted by atomic mass is 15.1. The van der Waals surface area contributed by atoms with Crippen LogP contribution in [0.25, 0.3) is 11.4 Å². The topological polar surface area (TPSA) is 17.8 Å². The van der Waals surface area contributed by atoms with Gasteiger partial charge in [0.15, 0.2) is 0 Å². The third-order valence-corrected chi connectivity index (χ3v) is 4.35. The van der Waals surface area contributed by atoms with Crippen LogP contribution in [0.1, 0.15) is 37.4 Å². The van der Waals surface area contributed by atoms with E-state index in [9.17, 15) is 0 Å². The van der Waals surface area contributed by atoms with E-state index < -0.39 is 0 Å². The minimum Gasteiger partial charge on any atom is -0.331 e. The van der Waals surface area contributed by atoms with Crippen molar-refractivity contribution in [1.29, 1.82) is 0 Å². The van der Waals surface area contributed by atoms with Gasteiger partial charge in [-0.05, 0) is 31.2 Å². The molecule has 0 saturated heterocycles. The van der Waals surface area contributed by atoms with Crippen molar-refractivity contribution in [3.05, 3.63) is 78.1 Å². The van der Waals surface area contributed by atoms with E-state index in [2.05, 4.69) is 78.4 Å². The molecule has 2 nitrogen and oxygen atoms in total. The number of rotatable bonds is 8. The van der Waals surface area contributed by atoms with Gasteiger partial charge in [-0.2, -0.15) is 0 Å². The summed E-state index contributed by atoms with van der Waals surface area (Å²) in [6, 6.07) is 21.2. The molecule has 24 heavy (non-hydrogen) atoms. The van der Waals surface area contributed by atoms with E-state index in [0.29, 0.717) is 0 Å². The van der Waals surface area contributed by atoms with Gasteiger partial charge >= 0.3 is 0 Å². The molecule has 0 saturated carbocycles. The van der Waals surface area contributed by atoms with Gasteiger partial charge in [0.25, 0.3) is 0 Å². The van der Waals surface area contributed by atoms with Crippen LogP contribution in [-0.2, 0) is 19.4 Å². The van der Waals surface area contributed by atoms with E-state index in [1.54, 1.807) is 0 Å². The molecule has 0 aliphatic carbocycles. The van der Waals surface area contributed by atoms with Crippen molar-refractivity contribution in [3.8, 4) is 11.4 Å². The number of unbranched alkanes of at least 4 members (excludes halogenated alkanes) is 1. The number of imidazole rings is 1. The van der Waals surface area contributed by atoms with E-state index >= 15 is 0 Å². The number of hydrogen-bond donors (Lipinski definition) is 0. The molecule has 3 rings (SSSR count). The molecule has 1 heterocycles. The minimum atomic E-state index is 1.04. The zero-order valence-corrected chi connectivity index (χ0v) is 14.5. The molecule has 2 aromatic carbocycles. The number of nitrogens with zero attached hydrogens (tertiary/aromatic N) is 2. The van der Waals surface area contributed by atoms with Gasteiger partial charge < -0.3 is 4.57 Å². The van der Waals surface area contributed by atoms with Crippen LogP contribution in [0.5, 0.6) is 0 Å². The summed E-state index contributed by atoms with van der Waals surface area (Å²) in [7, 11) is 0. The van der Waals surface area contributed by atoms with Gasteiger partial charge in [0.05, 0.1) is 5.69 Å². The first-order valence-electron chi connectivity index (χ1n) is 9.02. The molecular weight excluding hydrogens is 292 g/mol. The Kier molecular flexibility index (Phi) is 5.84. The van der Waals surface area contributed by atoms with Gasteiger partial charge in [0.2, 0.25) is 0 Å². The Morgan fingerprint density at radius 1 is 0.833 bits per heavy atom. The van der Waals surface area contributed by atoms with Crippen molar-refractivity contribution in [3.63, 3.8) is 0 Å². The van der Waals surface area contributed by atoms with Gasteiger partial charge in [0, 0.05) is 18.3 Å². The van der Waals surface area contributed by atoms with Crippen LogP contribution in [0.4, 0.5) is 0 Å². The third kappa shape index (κ3) is 4.35. The summed E-state index contributed by atoms with van der Waals surface area (Å²) < 4.78 is 2.33. The van der Waals surface area contributed by atoms with Crippen LogP contribution in [0.15, 0.2) is 66.9 Å². The van der Waals surface area contributed by atoms with Gasteiger partial charge in [0.1, 0.15) is 5.82 Å². The summed E-state index contributed by atoms with van der Waals surface area (Å²) >= 11 is 0. The lowest BCUT2D eigenvalue weighted by molar-refractivity contribution is 0.636. The van der Waals surface area contributed by atoms with Crippen LogP contribution in [0.2, 0.25) is 0 Å². The highest BCUT2D eigenvalue weighted by molar-refractivity contribution is 5.55. The fourth-order valence-electron chi connectivity index (χ4n) is 3.03. The van der Waals surface area contributed by atoms with Crippen molar-refractivity contribution in [2.24, 2.45) is 0 Å². The van der Waals surface area contributed by atoms with Crippen molar-refractivity contribution >= 4 is 0 Å². The predicted molar refractivity (Wildman–Crippen MR) is 101 cm³/mol. The van der Waals surface area contributed by atoms with Gasteiger partial charge in [-0.1, -0.05) is 74.0 Å². The molecule has 0 unspecified atom stereocenters. The van der Waals surface area contributed by atoms with Crippen molar-refractivity contribution < 1.29 is 0 Å². The van der Waals surface area contributed by atoms with E-state index in [0.717, 1.165) is 31.6 Å². The fourth-order valence-corrected chi connectivity index (χ4v) is 3.03. The second-order valence-corrected chi connectivity index (χ2v) is 6.31. The van der Waals surface area contributed by atoms with Crippen LogP contribution in [-0.4, -0.2) is 9.55 Å². The molecule has 3 aromatic rings. The molecule has 0 bridgehead atoms. The first kappa shape index (κ1) is 16.5. The van der Waals surface area contributed by atoms with Crippen molar-refractivity contribution in [2.75, 3.05) is 0 Å². The molecule has 2 heteroatoms. The Bertz CT molecular complexity index is 729. The normalized spacial score (nSPS) is 10.9. The Morgan fingerprint density at radius 3 is 2.25 bits per heavy atom. The SMILES string of the molecule is CCCCn1cc(CCCc2ccccc2)nc1-c1ccccc1. The van der Waals surface area contributed by atoms with Gasteiger partial charge in [-0.3, -0.25) is 0 Å². The van der Waals surface area contributed by atoms with E-state index in [4.69, 9.17) is 4.98 Å². The fraction of sp³-hybridized carbons (Fsp3) is 0.318. The van der Waals surface area contributed by atoms with Gasteiger partial charge in [-0.15, -0.1) is 0 Å². The maximum absolute atomic E-state index is 4.93. The predicted octanol–water partition coefficient (Wildman–Crippen LogP) is 5.53. The lowest BCUT2D eigenvalue weighted by atomic mass is 10.1. The average molecular weight is 318 g/mol.